The highest BCUT2D eigenvalue weighted by atomic mass is 35.5. The number of sulfonamides is 1. The largest absolute Gasteiger partial charge is 0.348 e. The van der Waals surface area contributed by atoms with Crippen LogP contribution in [0.25, 0.3) is 22.4 Å². The molecule has 166 valence electrons. The third kappa shape index (κ3) is 3.54. The van der Waals surface area contributed by atoms with E-state index in [1.165, 1.54) is 10.6 Å². The van der Waals surface area contributed by atoms with Crippen LogP contribution in [0, 0.1) is 0 Å². The van der Waals surface area contributed by atoms with E-state index in [4.69, 9.17) is 11.6 Å². The Bertz CT molecular complexity index is 1380. The van der Waals surface area contributed by atoms with Crippen molar-refractivity contribution in [1.82, 2.24) is 24.5 Å². The van der Waals surface area contributed by atoms with Crippen molar-refractivity contribution in [2.24, 2.45) is 0 Å². The van der Waals surface area contributed by atoms with E-state index in [2.05, 4.69) is 15.3 Å². The number of aromatic amines is 1. The van der Waals surface area contributed by atoms with Crippen LogP contribution < -0.4 is 5.32 Å². The van der Waals surface area contributed by atoms with Gasteiger partial charge >= 0.3 is 0 Å². The van der Waals surface area contributed by atoms with Crippen LogP contribution in [0.1, 0.15) is 26.3 Å². The molecule has 5 rings (SSSR count). The fraction of sp³-hybridized carbons (Fsp3) is 0.286. The summed E-state index contributed by atoms with van der Waals surface area (Å²) in [4.78, 5) is 34.8. The number of nitrogens with one attached hydrogen (secondary N) is 2. The molecule has 3 heterocycles. The molecule has 0 radical (unpaired) electrons. The summed E-state index contributed by atoms with van der Waals surface area (Å²) in [6.07, 6.45) is 1.17. The number of rotatable bonds is 3. The van der Waals surface area contributed by atoms with Gasteiger partial charge in [-0.05, 0) is 30.3 Å². The molecule has 32 heavy (non-hydrogen) atoms. The van der Waals surface area contributed by atoms with Crippen LogP contribution in [0.15, 0.2) is 30.3 Å². The molecule has 0 bridgehead atoms. The number of amides is 2. The lowest BCUT2D eigenvalue weighted by atomic mass is 10.0. The molecule has 3 aromatic rings. The van der Waals surface area contributed by atoms with Gasteiger partial charge in [-0.25, -0.2) is 13.4 Å². The number of halogens is 1. The molecule has 2 aliphatic heterocycles. The van der Waals surface area contributed by atoms with E-state index in [1.54, 1.807) is 35.2 Å². The molecular weight excluding hydrogens is 454 g/mol. The van der Waals surface area contributed by atoms with Crippen molar-refractivity contribution < 1.29 is 18.0 Å². The molecule has 11 heteroatoms. The summed E-state index contributed by atoms with van der Waals surface area (Å²) in [5.74, 6) is 0.168. The van der Waals surface area contributed by atoms with Gasteiger partial charge in [-0.15, -0.1) is 0 Å². The number of hydrogen-bond donors (Lipinski definition) is 2. The minimum Gasteiger partial charge on any atom is -0.348 e. The van der Waals surface area contributed by atoms with Gasteiger partial charge in [-0.2, -0.15) is 4.31 Å². The Hall–Kier alpha value is -2.95. The predicted octanol–water partition coefficient (Wildman–Crippen LogP) is 1.84. The summed E-state index contributed by atoms with van der Waals surface area (Å²) in [6, 6.07) is 8.70. The molecule has 0 unspecified atom stereocenters. The van der Waals surface area contributed by atoms with E-state index in [1.807, 2.05) is 0 Å². The van der Waals surface area contributed by atoms with Crippen molar-refractivity contribution in [3.63, 3.8) is 0 Å². The van der Waals surface area contributed by atoms with Crippen molar-refractivity contribution >= 4 is 44.5 Å². The fourth-order valence-corrected chi connectivity index (χ4v) is 5.24. The summed E-state index contributed by atoms with van der Waals surface area (Å²) in [7, 11) is -3.26. The van der Waals surface area contributed by atoms with Crippen molar-refractivity contribution in [3.05, 3.63) is 52.0 Å². The number of carbonyl (C=O) groups is 2. The highest BCUT2D eigenvalue weighted by Gasteiger charge is 2.28. The Kier molecular flexibility index (Phi) is 4.95. The molecule has 2 N–H and O–H groups in total. The lowest BCUT2D eigenvalue weighted by Crippen LogP contribution is -2.50. The quantitative estimate of drug-likeness (QED) is 0.602. The van der Waals surface area contributed by atoms with E-state index in [9.17, 15) is 18.0 Å². The van der Waals surface area contributed by atoms with Crippen molar-refractivity contribution in [1.29, 1.82) is 0 Å². The standard InChI is InChI=1S/C21H20ClN5O4S/c1-32(30,31)27-8-6-26(7-9-27)21(29)12-2-5-16-17(10-12)25-19(24-16)13-3-4-15(22)14-11-23-20(28)18(13)14/h2-5,10H,6-9,11H2,1H3,(H,23,28)(H,24,25). The van der Waals surface area contributed by atoms with E-state index >= 15 is 0 Å². The monoisotopic (exact) mass is 473 g/mol. The second kappa shape index (κ2) is 7.58. The fourth-order valence-electron chi connectivity index (χ4n) is 4.18. The number of benzene rings is 2. The molecule has 1 aromatic heterocycles. The molecule has 2 amide bonds. The van der Waals surface area contributed by atoms with Gasteiger partial charge in [0.1, 0.15) is 5.82 Å². The van der Waals surface area contributed by atoms with Crippen LogP contribution in [0.5, 0.6) is 0 Å². The zero-order valence-corrected chi connectivity index (χ0v) is 18.8. The minimum atomic E-state index is -3.26. The summed E-state index contributed by atoms with van der Waals surface area (Å²) < 4.78 is 24.8. The van der Waals surface area contributed by atoms with E-state index in [-0.39, 0.29) is 24.9 Å². The van der Waals surface area contributed by atoms with E-state index < -0.39 is 10.0 Å². The highest BCUT2D eigenvalue weighted by Crippen LogP contribution is 2.33. The van der Waals surface area contributed by atoms with Crippen LogP contribution in [-0.2, 0) is 16.6 Å². The summed E-state index contributed by atoms with van der Waals surface area (Å²) in [6.45, 7) is 1.62. The lowest BCUT2D eigenvalue weighted by molar-refractivity contribution is 0.0698. The zero-order chi connectivity index (χ0) is 22.6. The smallest absolute Gasteiger partial charge is 0.254 e. The SMILES string of the molecule is CS(=O)(=O)N1CCN(C(=O)c2ccc3nc(-c4ccc(Cl)c5c4C(=O)NC5)[nH]c3c2)CC1. The first-order valence-corrected chi connectivity index (χ1v) is 12.3. The number of aromatic nitrogens is 2. The van der Waals surface area contributed by atoms with Gasteiger partial charge in [0.25, 0.3) is 11.8 Å². The molecule has 2 aromatic carbocycles. The third-order valence-electron chi connectivity index (χ3n) is 5.89. The lowest BCUT2D eigenvalue weighted by Gasteiger charge is -2.33. The van der Waals surface area contributed by atoms with Gasteiger partial charge in [0.05, 0.1) is 22.9 Å². The first-order chi connectivity index (χ1) is 15.2. The Balaban J connectivity index is 1.43. The summed E-state index contributed by atoms with van der Waals surface area (Å²) >= 11 is 6.24. The predicted molar refractivity (Wildman–Crippen MR) is 120 cm³/mol. The number of carbonyl (C=O) groups excluding carboxylic acids is 2. The van der Waals surface area contributed by atoms with E-state index in [0.29, 0.717) is 58.2 Å². The van der Waals surface area contributed by atoms with Crippen molar-refractivity contribution in [2.45, 2.75) is 6.54 Å². The Morgan fingerprint density at radius 1 is 1.12 bits per heavy atom. The van der Waals surface area contributed by atoms with Gasteiger partial charge in [0, 0.05) is 54.4 Å². The average Bonchev–Trinajstić information content (AvgIpc) is 3.37. The maximum Gasteiger partial charge on any atom is 0.254 e. The van der Waals surface area contributed by atoms with Crippen LogP contribution in [0.4, 0.5) is 0 Å². The van der Waals surface area contributed by atoms with Crippen molar-refractivity contribution in [3.8, 4) is 11.4 Å². The maximum atomic E-state index is 13.0. The van der Waals surface area contributed by atoms with Gasteiger partial charge in [0.15, 0.2) is 0 Å². The number of H-pyrrole nitrogens is 1. The number of hydrogen-bond acceptors (Lipinski definition) is 5. The molecule has 1 fully saturated rings. The molecule has 0 atom stereocenters. The molecule has 0 saturated carbocycles. The zero-order valence-electron chi connectivity index (χ0n) is 17.2. The summed E-state index contributed by atoms with van der Waals surface area (Å²) in [5.41, 5.74) is 3.73. The highest BCUT2D eigenvalue weighted by molar-refractivity contribution is 7.88. The molecule has 0 aliphatic carbocycles. The van der Waals surface area contributed by atoms with E-state index in [0.717, 1.165) is 5.56 Å². The topological polar surface area (TPSA) is 115 Å². The molecule has 2 aliphatic rings. The van der Waals surface area contributed by atoms with Gasteiger partial charge < -0.3 is 15.2 Å². The number of imidazole rings is 1. The normalized spacial score (nSPS) is 16.9. The van der Waals surface area contributed by atoms with Gasteiger partial charge in [-0.3, -0.25) is 9.59 Å². The van der Waals surface area contributed by atoms with Crippen LogP contribution in [0.3, 0.4) is 0 Å². The summed E-state index contributed by atoms with van der Waals surface area (Å²) in [5, 5.41) is 3.32. The van der Waals surface area contributed by atoms with Crippen LogP contribution in [0.2, 0.25) is 5.02 Å². The number of fused-ring (bicyclic) bond motifs is 2. The Morgan fingerprint density at radius 2 is 1.88 bits per heavy atom. The van der Waals surface area contributed by atoms with Gasteiger partial charge in [-0.1, -0.05) is 11.6 Å². The van der Waals surface area contributed by atoms with Gasteiger partial charge in [0.2, 0.25) is 10.0 Å². The average molecular weight is 474 g/mol. The Morgan fingerprint density at radius 3 is 2.59 bits per heavy atom. The molecule has 0 spiro atoms. The second-order valence-electron chi connectivity index (χ2n) is 7.90. The van der Waals surface area contributed by atoms with Crippen LogP contribution >= 0.6 is 11.6 Å². The Labute approximate surface area is 189 Å². The third-order valence-corrected chi connectivity index (χ3v) is 7.54. The molecule has 1 saturated heterocycles. The molecular formula is C21H20ClN5O4S. The number of nitrogens with zero attached hydrogens (tertiary/aromatic N) is 3. The molecule has 9 nitrogen and oxygen atoms in total. The minimum absolute atomic E-state index is 0.164. The van der Waals surface area contributed by atoms with Crippen molar-refractivity contribution in [2.75, 3.05) is 32.4 Å². The number of piperazine rings is 1. The first-order valence-electron chi connectivity index (χ1n) is 10.1. The first kappa shape index (κ1) is 20.9. The second-order valence-corrected chi connectivity index (χ2v) is 10.3. The van der Waals surface area contributed by atoms with Crippen LogP contribution in [-0.4, -0.2) is 71.8 Å². The maximum absolute atomic E-state index is 13.0.